The normalized spacial score (nSPS) is 30.3. The van der Waals surface area contributed by atoms with Crippen LogP contribution in [0.5, 0.6) is 0 Å². The first-order valence-electron chi connectivity index (χ1n) is 7.08. The summed E-state index contributed by atoms with van der Waals surface area (Å²) in [6.45, 7) is 1.22. The van der Waals surface area contributed by atoms with Crippen molar-refractivity contribution in [1.29, 1.82) is 0 Å². The monoisotopic (exact) mass is 436 g/mol. The number of benzene rings is 1. The molecule has 2 N–H and O–H groups in total. The number of hydrogen-bond donors (Lipinski definition) is 1. The van der Waals surface area contributed by atoms with Gasteiger partial charge in [-0.1, -0.05) is 15.9 Å². The number of rotatable bonds is 2. The van der Waals surface area contributed by atoms with E-state index in [-0.39, 0.29) is 6.04 Å². The minimum atomic E-state index is -3.45. The Bertz CT molecular complexity index is 650. The van der Waals surface area contributed by atoms with E-state index in [0.717, 1.165) is 23.7 Å². The average molecular weight is 438 g/mol. The van der Waals surface area contributed by atoms with Gasteiger partial charge in [0.05, 0.1) is 4.90 Å². The Morgan fingerprint density at radius 2 is 1.86 bits per heavy atom. The van der Waals surface area contributed by atoms with E-state index < -0.39 is 10.0 Å². The molecule has 0 aromatic heterocycles. The molecule has 0 bridgehead atoms. The molecule has 0 radical (unpaired) electrons. The molecule has 1 aliphatic carbocycles. The van der Waals surface area contributed by atoms with Crippen LogP contribution in [0, 0.1) is 11.8 Å². The van der Waals surface area contributed by atoms with Crippen LogP contribution >= 0.6 is 31.9 Å². The predicted molar refractivity (Wildman–Crippen MR) is 89.4 cm³/mol. The predicted octanol–water partition coefficient (Wildman–Crippen LogP) is 2.96. The van der Waals surface area contributed by atoms with Crippen molar-refractivity contribution in [1.82, 2.24) is 4.31 Å². The summed E-state index contributed by atoms with van der Waals surface area (Å²) >= 11 is 6.70. The first-order chi connectivity index (χ1) is 9.88. The first kappa shape index (κ1) is 15.9. The summed E-state index contributed by atoms with van der Waals surface area (Å²) in [7, 11) is -3.45. The Kier molecular flexibility index (Phi) is 4.49. The van der Waals surface area contributed by atoms with Gasteiger partial charge in [0.2, 0.25) is 10.0 Å². The lowest BCUT2D eigenvalue weighted by Gasteiger charge is -2.28. The molecule has 116 valence electrons. The summed E-state index contributed by atoms with van der Waals surface area (Å²) in [6, 6.07) is 5.47. The summed E-state index contributed by atoms with van der Waals surface area (Å²) in [5.41, 5.74) is 6.02. The van der Waals surface area contributed by atoms with Gasteiger partial charge in [-0.25, -0.2) is 8.42 Å². The molecule has 1 aliphatic heterocycles. The van der Waals surface area contributed by atoms with E-state index in [1.54, 1.807) is 16.4 Å². The number of nitrogens with zero attached hydrogens (tertiary/aromatic N) is 1. The Morgan fingerprint density at radius 1 is 1.14 bits per heavy atom. The number of fused-ring (bicyclic) bond motifs is 1. The van der Waals surface area contributed by atoms with Gasteiger partial charge in [-0.3, -0.25) is 0 Å². The van der Waals surface area contributed by atoms with Gasteiger partial charge in [-0.2, -0.15) is 4.31 Å². The standard InChI is InChI=1S/C14H18Br2N2O2S/c15-11-2-4-13(16)14(6-11)21(19,20)18-7-9-1-3-12(17)5-10(9)8-18/h2,4,6,9-10,12H,1,3,5,7-8,17H2/t9-,10+,12?/m1/s1. The van der Waals surface area contributed by atoms with Gasteiger partial charge in [0.1, 0.15) is 0 Å². The molecule has 1 unspecified atom stereocenters. The maximum Gasteiger partial charge on any atom is 0.244 e. The summed E-state index contributed by atoms with van der Waals surface area (Å²) in [6.07, 6.45) is 2.99. The van der Waals surface area contributed by atoms with E-state index in [0.29, 0.717) is 34.3 Å². The van der Waals surface area contributed by atoms with E-state index in [1.165, 1.54) is 0 Å². The highest BCUT2D eigenvalue weighted by molar-refractivity contribution is 9.11. The maximum atomic E-state index is 12.9. The van der Waals surface area contributed by atoms with Crippen LogP contribution in [0.3, 0.4) is 0 Å². The molecule has 4 nitrogen and oxygen atoms in total. The number of hydrogen-bond acceptors (Lipinski definition) is 3. The van der Waals surface area contributed by atoms with Crippen LogP contribution in [0.4, 0.5) is 0 Å². The number of halogens is 2. The minimum Gasteiger partial charge on any atom is -0.328 e. The third-order valence-electron chi connectivity index (χ3n) is 4.57. The lowest BCUT2D eigenvalue weighted by molar-refractivity contribution is 0.271. The minimum absolute atomic E-state index is 0.228. The molecule has 1 heterocycles. The van der Waals surface area contributed by atoms with Crippen LogP contribution in [-0.4, -0.2) is 31.9 Å². The summed E-state index contributed by atoms with van der Waals surface area (Å²) in [5, 5.41) is 0. The van der Waals surface area contributed by atoms with Crippen molar-refractivity contribution in [3.63, 3.8) is 0 Å². The topological polar surface area (TPSA) is 63.4 Å². The SMILES string of the molecule is NC1CC[C@@H]2CN(S(=O)(=O)c3cc(Br)ccc3Br)C[C@@H]2C1. The van der Waals surface area contributed by atoms with Gasteiger partial charge < -0.3 is 5.73 Å². The van der Waals surface area contributed by atoms with Gasteiger partial charge >= 0.3 is 0 Å². The third kappa shape index (κ3) is 3.08. The highest BCUT2D eigenvalue weighted by atomic mass is 79.9. The van der Waals surface area contributed by atoms with Crippen molar-refractivity contribution in [2.75, 3.05) is 13.1 Å². The van der Waals surface area contributed by atoms with Gasteiger partial charge in [0.25, 0.3) is 0 Å². The van der Waals surface area contributed by atoms with Gasteiger partial charge in [-0.05, 0) is 65.2 Å². The Morgan fingerprint density at radius 3 is 2.62 bits per heavy atom. The fraction of sp³-hybridized carbons (Fsp3) is 0.571. The highest BCUT2D eigenvalue weighted by Crippen LogP contribution is 2.39. The molecule has 2 aliphatic rings. The van der Waals surface area contributed by atoms with E-state index >= 15 is 0 Å². The van der Waals surface area contributed by atoms with Crippen LogP contribution in [0.25, 0.3) is 0 Å². The van der Waals surface area contributed by atoms with Crippen molar-refractivity contribution < 1.29 is 8.42 Å². The molecule has 1 aromatic carbocycles. The van der Waals surface area contributed by atoms with Crippen molar-refractivity contribution >= 4 is 41.9 Å². The lowest BCUT2D eigenvalue weighted by Crippen LogP contribution is -2.32. The largest absolute Gasteiger partial charge is 0.328 e. The van der Waals surface area contributed by atoms with Crippen LogP contribution in [0.15, 0.2) is 32.0 Å². The summed E-state index contributed by atoms with van der Waals surface area (Å²) < 4.78 is 28.8. The zero-order valence-corrected chi connectivity index (χ0v) is 15.5. The number of nitrogens with two attached hydrogens (primary N) is 1. The smallest absolute Gasteiger partial charge is 0.244 e. The maximum absolute atomic E-state index is 12.9. The Hall–Kier alpha value is 0.0500. The van der Waals surface area contributed by atoms with Crippen molar-refractivity contribution in [3.05, 3.63) is 27.1 Å². The second-order valence-electron chi connectivity index (χ2n) is 5.99. The van der Waals surface area contributed by atoms with E-state index in [9.17, 15) is 8.42 Å². The second-order valence-corrected chi connectivity index (χ2v) is 9.67. The fourth-order valence-electron chi connectivity index (χ4n) is 3.43. The molecule has 3 rings (SSSR count). The van der Waals surface area contributed by atoms with Crippen LogP contribution in [0.2, 0.25) is 0 Å². The Balaban J connectivity index is 1.88. The quantitative estimate of drug-likeness (QED) is 0.773. The number of sulfonamides is 1. The highest BCUT2D eigenvalue weighted by Gasteiger charge is 2.42. The first-order valence-corrected chi connectivity index (χ1v) is 10.1. The van der Waals surface area contributed by atoms with Crippen molar-refractivity contribution in [3.8, 4) is 0 Å². The molecule has 1 saturated carbocycles. The van der Waals surface area contributed by atoms with Crippen LogP contribution < -0.4 is 5.73 Å². The zero-order valence-electron chi connectivity index (χ0n) is 11.5. The second kappa shape index (κ2) is 5.92. The van der Waals surface area contributed by atoms with Crippen LogP contribution in [-0.2, 0) is 10.0 Å². The molecule has 0 amide bonds. The molecule has 2 fully saturated rings. The van der Waals surface area contributed by atoms with Gasteiger partial charge in [0, 0.05) is 28.1 Å². The molecule has 0 spiro atoms. The van der Waals surface area contributed by atoms with Crippen molar-refractivity contribution in [2.24, 2.45) is 17.6 Å². The average Bonchev–Trinajstić information content (AvgIpc) is 2.85. The molecule has 1 saturated heterocycles. The van der Waals surface area contributed by atoms with E-state index in [1.807, 2.05) is 6.07 Å². The lowest BCUT2D eigenvalue weighted by atomic mass is 9.79. The van der Waals surface area contributed by atoms with Gasteiger partial charge in [0.15, 0.2) is 0 Å². The van der Waals surface area contributed by atoms with Crippen LogP contribution in [0.1, 0.15) is 19.3 Å². The molecule has 1 aromatic rings. The molecule has 3 atom stereocenters. The Labute approximate surface area is 142 Å². The summed E-state index contributed by atoms with van der Waals surface area (Å²) in [5.74, 6) is 0.875. The van der Waals surface area contributed by atoms with Gasteiger partial charge in [-0.15, -0.1) is 0 Å². The zero-order chi connectivity index (χ0) is 15.2. The molecular formula is C14H18Br2N2O2S. The summed E-state index contributed by atoms with van der Waals surface area (Å²) in [4.78, 5) is 0.333. The molecular weight excluding hydrogens is 420 g/mol. The van der Waals surface area contributed by atoms with E-state index in [2.05, 4.69) is 31.9 Å². The third-order valence-corrected chi connectivity index (χ3v) is 7.89. The molecule has 7 heteroatoms. The van der Waals surface area contributed by atoms with E-state index in [4.69, 9.17) is 5.73 Å². The fourth-order valence-corrected chi connectivity index (χ4v) is 6.45. The van der Waals surface area contributed by atoms with Crippen molar-refractivity contribution in [2.45, 2.75) is 30.2 Å². The molecule has 21 heavy (non-hydrogen) atoms.